The van der Waals surface area contributed by atoms with E-state index in [1.807, 2.05) is 60.7 Å². The van der Waals surface area contributed by atoms with Crippen molar-refractivity contribution in [1.29, 1.82) is 0 Å². The maximum absolute atomic E-state index is 13.0. The number of ether oxygens (including phenoxy) is 2. The average Bonchev–Trinajstić information content (AvgIpc) is 3.55. The van der Waals surface area contributed by atoms with Crippen LogP contribution >= 0.6 is 15.9 Å². The average molecular weight is 605 g/mol. The van der Waals surface area contributed by atoms with Crippen molar-refractivity contribution in [2.75, 3.05) is 58.5 Å². The summed E-state index contributed by atoms with van der Waals surface area (Å²) < 4.78 is 12.0. The third-order valence-corrected chi connectivity index (χ3v) is 7.92. The van der Waals surface area contributed by atoms with E-state index in [2.05, 4.69) is 37.8 Å². The molecule has 3 heterocycles. The Balaban J connectivity index is 1.32. The van der Waals surface area contributed by atoms with E-state index in [-0.39, 0.29) is 18.6 Å². The van der Waals surface area contributed by atoms with Gasteiger partial charge < -0.3 is 29.4 Å². The first-order valence-electron chi connectivity index (χ1n) is 13.1. The van der Waals surface area contributed by atoms with E-state index in [4.69, 9.17) is 14.5 Å². The smallest absolute Gasteiger partial charge is 0.240 e. The van der Waals surface area contributed by atoms with Gasteiger partial charge in [0.05, 0.1) is 29.0 Å². The molecule has 2 aliphatic heterocycles. The van der Waals surface area contributed by atoms with E-state index < -0.39 is 0 Å². The van der Waals surface area contributed by atoms with Crippen LogP contribution in [0, 0.1) is 0 Å². The minimum absolute atomic E-state index is 0.0235. The van der Waals surface area contributed by atoms with Crippen molar-refractivity contribution in [2.24, 2.45) is 4.99 Å². The predicted octanol–water partition coefficient (Wildman–Crippen LogP) is 4.74. The second kappa shape index (κ2) is 11.0. The van der Waals surface area contributed by atoms with E-state index in [0.717, 1.165) is 52.8 Å². The lowest BCUT2D eigenvalue weighted by Gasteiger charge is -2.32. The number of hydrogen-bond donors (Lipinski definition) is 2. The molecular weight excluding hydrogens is 574 g/mol. The number of amides is 1. The molecule has 1 aromatic heterocycles. The highest BCUT2D eigenvalue weighted by Crippen LogP contribution is 2.37. The molecule has 0 radical (unpaired) electrons. The Morgan fingerprint density at radius 1 is 1.02 bits per heavy atom. The van der Waals surface area contributed by atoms with E-state index >= 15 is 0 Å². The van der Waals surface area contributed by atoms with Gasteiger partial charge >= 0.3 is 0 Å². The minimum atomic E-state index is 0.0235. The Labute approximate surface area is 240 Å². The number of piperazine rings is 1. The highest BCUT2D eigenvalue weighted by Gasteiger charge is 2.23. The highest BCUT2D eigenvalue weighted by molar-refractivity contribution is 9.10. The fourth-order valence-corrected chi connectivity index (χ4v) is 5.39. The van der Waals surface area contributed by atoms with Crippen molar-refractivity contribution in [3.63, 3.8) is 0 Å². The second-order valence-corrected chi connectivity index (χ2v) is 11.0. The molecule has 0 atom stereocenters. The van der Waals surface area contributed by atoms with Crippen LogP contribution in [0.2, 0.25) is 0 Å². The van der Waals surface area contributed by atoms with Gasteiger partial charge in [-0.2, -0.15) is 0 Å². The number of aromatic nitrogens is 1. The third kappa shape index (κ3) is 5.30. The number of likely N-dealkylation sites (N-methyl/N-ethyl adjacent to an activating group) is 2. The van der Waals surface area contributed by atoms with Crippen LogP contribution in [-0.4, -0.2) is 85.1 Å². The highest BCUT2D eigenvalue weighted by atomic mass is 79.9. The number of aliphatic imine (C=N–C) groups is 1. The van der Waals surface area contributed by atoms with Crippen molar-refractivity contribution in [3.05, 3.63) is 76.3 Å². The van der Waals surface area contributed by atoms with Crippen LogP contribution in [-0.2, 0) is 4.79 Å². The number of carbonyl (C=O) groups is 1. The number of benzene rings is 3. The van der Waals surface area contributed by atoms with Crippen LogP contribution in [0.25, 0.3) is 10.9 Å². The lowest BCUT2D eigenvalue weighted by Crippen LogP contribution is -2.48. The second-order valence-electron chi connectivity index (χ2n) is 10.1. The number of halogens is 1. The summed E-state index contributed by atoms with van der Waals surface area (Å²) in [4.78, 5) is 27.2. The predicted molar refractivity (Wildman–Crippen MR) is 159 cm³/mol. The molecular formula is C30H30BrN5O4. The molecule has 6 rings (SSSR count). The number of anilines is 1. The number of aromatic amines is 1. The summed E-state index contributed by atoms with van der Waals surface area (Å²) in [6.07, 6.45) is 0. The Kier molecular flexibility index (Phi) is 7.22. The maximum Gasteiger partial charge on any atom is 0.240 e. The van der Waals surface area contributed by atoms with Gasteiger partial charge in [-0.25, -0.2) is 4.99 Å². The number of carbonyl (C=O) groups excluding carboxylic acids is 1. The largest absolute Gasteiger partial charge is 0.494 e. The topological polar surface area (TPSA) is 93.6 Å². The van der Waals surface area contributed by atoms with Gasteiger partial charge in [0.25, 0.3) is 0 Å². The Morgan fingerprint density at radius 3 is 2.55 bits per heavy atom. The number of nitrogens with one attached hydrogen (secondary N) is 1. The molecule has 0 spiro atoms. The van der Waals surface area contributed by atoms with Crippen LogP contribution < -0.4 is 14.4 Å². The summed E-state index contributed by atoms with van der Waals surface area (Å²) in [6.45, 7) is 4.29. The molecule has 0 unspecified atom stereocenters. The molecule has 1 saturated heterocycles. The standard InChI is InChI=1S/C30H30BrN5O4/c1-34-11-13-36(14-12-34)17-27(37)35(2)22-7-5-21(6-8-22)32-29(19-3-10-25-26(15-19)40-18-39-25)28-23-9-4-20(31)16-24(23)33-30(28)38/h3-10,15-16,33,38H,11-14,17-18H2,1-2H3. The van der Waals surface area contributed by atoms with Crippen LogP contribution in [0.5, 0.6) is 17.4 Å². The molecule has 0 saturated carbocycles. The lowest BCUT2D eigenvalue weighted by molar-refractivity contribution is -0.119. The van der Waals surface area contributed by atoms with Crippen molar-refractivity contribution in [2.45, 2.75) is 0 Å². The lowest BCUT2D eigenvalue weighted by atomic mass is 10.00. The van der Waals surface area contributed by atoms with Crippen molar-refractivity contribution < 1.29 is 19.4 Å². The first-order valence-corrected chi connectivity index (χ1v) is 13.9. The van der Waals surface area contributed by atoms with Gasteiger partial charge in [-0.15, -0.1) is 0 Å². The number of hydrogen-bond acceptors (Lipinski definition) is 7. The van der Waals surface area contributed by atoms with Crippen molar-refractivity contribution in [3.8, 4) is 17.4 Å². The molecule has 1 fully saturated rings. The molecule has 10 heteroatoms. The van der Waals surface area contributed by atoms with E-state index in [1.165, 1.54) is 0 Å². The summed E-state index contributed by atoms with van der Waals surface area (Å²) in [5.74, 6) is 1.37. The molecule has 206 valence electrons. The van der Waals surface area contributed by atoms with Gasteiger partial charge in [-0.05, 0) is 61.6 Å². The summed E-state index contributed by atoms with van der Waals surface area (Å²) in [7, 11) is 3.91. The normalized spacial score (nSPS) is 16.0. The SMILES string of the molecule is CN1CCN(CC(=O)N(C)c2ccc(N=C(c3ccc4c(c3)OCO4)c3c(O)[nH]c4cc(Br)ccc34)cc2)CC1. The van der Waals surface area contributed by atoms with Crippen molar-refractivity contribution >= 4 is 49.8 Å². The first kappa shape index (κ1) is 26.4. The zero-order chi connectivity index (χ0) is 27.8. The monoisotopic (exact) mass is 603 g/mol. The molecule has 2 N–H and O–H groups in total. The maximum atomic E-state index is 13.0. The van der Waals surface area contributed by atoms with Gasteiger partial charge in [0.2, 0.25) is 12.7 Å². The quantitative estimate of drug-likeness (QED) is 0.309. The zero-order valence-corrected chi connectivity index (χ0v) is 23.9. The van der Waals surface area contributed by atoms with E-state index in [0.29, 0.717) is 35.0 Å². The van der Waals surface area contributed by atoms with E-state index in [1.54, 1.807) is 11.9 Å². The summed E-state index contributed by atoms with van der Waals surface area (Å²) in [6, 6.07) is 19.0. The molecule has 9 nitrogen and oxygen atoms in total. The molecule has 1 amide bonds. The molecule has 4 aromatic rings. The third-order valence-electron chi connectivity index (χ3n) is 7.43. The molecule has 3 aromatic carbocycles. The Morgan fingerprint density at radius 2 is 1.77 bits per heavy atom. The summed E-state index contributed by atoms with van der Waals surface area (Å²) in [5.41, 5.74) is 4.20. The minimum Gasteiger partial charge on any atom is -0.494 e. The number of aromatic hydroxyl groups is 1. The zero-order valence-electron chi connectivity index (χ0n) is 22.4. The molecule has 0 aliphatic carbocycles. The fraction of sp³-hybridized carbons (Fsp3) is 0.267. The molecule has 40 heavy (non-hydrogen) atoms. The van der Waals surface area contributed by atoms with E-state index in [9.17, 15) is 9.90 Å². The van der Waals surface area contributed by atoms with Crippen LogP contribution in [0.3, 0.4) is 0 Å². The Bertz CT molecular complexity index is 1590. The molecule has 2 aliphatic rings. The first-order chi connectivity index (χ1) is 19.4. The number of rotatable bonds is 6. The van der Waals surface area contributed by atoms with Crippen LogP contribution in [0.15, 0.2) is 70.1 Å². The van der Waals surface area contributed by atoms with Crippen LogP contribution in [0.4, 0.5) is 11.4 Å². The van der Waals surface area contributed by atoms with Gasteiger partial charge in [-0.1, -0.05) is 22.0 Å². The molecule has 0 bridgehead atoms. The fourth-order valence-electron chi connectivity index (χ4n) is 5.03. The number of H-pyrrole nitrogens is 1. The number of nitrogens with zero attached hydrogens (tertiary/aromatic N) is 4. The van der Waals surface area contributed by atoms with Crippen LogP contribution in [0.1, 0.15) is 11.1 Å². The van der Waals surface area contributed by atoms with Gasteiger partial charge in [0, 0.05) is 54.3 Å². The Hall–Kier alpha value is -3.86. The van der Waals surface area contributed by atoms with Gasteiger partial charge in [0.1, 0.15) is 0 Å². The van der Waals surface area contributed by atoms with Gasteiger partial charge in [0.15, 0.2) is 17.4 Å². The summed E-state index contributed by atoms with van der Waals surface area (Å²) in [5, 5.41) is 11.8. The summed E-state index contributed by atoms with van der Waals surface area (Å²) >= 11 is 3.50. The number of fused-ring (bicyclic) bond motifs is 2. The van der Waals surface area contributed by atoms with Gasteiger partial charge in [-0.3, -0.25) is 9.69 Å². The van der Waals surface area contributed by atoms with Crippen molar-refractivity contribution in [1.82, 2.24) is 14.8 Å².